The molecule has 7 nitrogen and oxygen atoms in total. The second-order valence-electron chi connectivity index (χ2n) is 11.0. The number of carbonyl (C=O) groups is 2. The van der Waals surface area contributed by atoms with Crippen LogP contribution in [0.2, 0.25) is 5.02 Å². The monoisotopic (exact) mass is 585 g/mol. The van der Waals surface area contributed by atoms with Crippen molar-refractivity contribution in [2.45, 2.75) is 44.8 Å². The molecule has 0 saturated carbocycles. The van der Waals surface area contributed by atoms with Crippen LogP contribution >= 0.6 is 11.6 Å². The van der Waals surface area contributed by atoms with Crippen molar-refractivity contribution in [2.24, 2.45) is 5.92 Å². The molecule has 0 aromatic heterocycles. The highest BCUT2D eigenvalue weighted by atomic mass is 35.5. The molecule has 0 radical (unpaired) electrons. The Morgan fingerprint density at radius 1 is 0.950 bits per heavy atom. The third-order valence-electron chi connectivity index (χ3n) is 7.01. The van der Waals surface area contributed by atoms with Crippen molar-refractivity contribution in [3.05, 3.63) is 94.3 Å². The van der Waals surface area contributed by atoms with Gasteiger partial charge in [-0.2, -0.15) is 0 Å². The van der Waals surface area contributed by atoms with Gasteiger partial charge in [0, 0.05) is 46.5 Å². The van der Waals surface area contributed by atoms with Crippen LogP contribution in [0.15, 0.2) is 66.7 Å². The van der Waals surface area contributed by atoms with Gasteiger partial charge in [-0.05, 0) is 66.3 Å². The van der Waals surface area contributed by atoms with Crippen LogP contribution in [0.3, 0.4) is 0 Å². The summed E-state index contributed by atoms with van der Waals surface area (Å²) < 4.78 is 41.2. The van der Waals surface area contributed by atoms with Gasteiger partial charge >= 0.3 is 0 Å². The molecule has 1 aliphatic rings. The molecule has 10 heteroatoms. The van der Waals surface area contributed by atoms with E-state index in [-0.39, 0.29) is 46.8 Å². The highest BCUT2D eigenvalue weighted by Crippen LogP contribution is 2.27. The highest BCUT2D eigenvalue weighted by Gasteiger charge is 2.32. The number of benzene rings is 3. The third-order valence-corrected chi connectivity index (χ3v) is 9.17. The number of hydrogen-bond acceptors (Lipinski definition) is 4. The van der Waals surface area contributed by atoms with Crippen LogP contribution in [0.5, 0.6) is 0 Å². The fourth-order valence-corrected chi connectivity index (χ4v) is 6.50. The summed E-state index contributed by atoms with van der Waals surface area (Å²) in [5, 5.41) is 5.80. The molecule has 1 aliphatic heterocycles. The molecule has 0 aliphatic carbocycles. The number of sulfonamides is 1. The van der Waals surface area contributed by atoms with Crippen molar-refractivity contribution in [3.63, 3.8) is 0 Å². The van der Waals surface area contributed by atoms with E-state index in [0.717, 1.165) is 5.56 Å². The molecule has 1 saturated heterocycles. The quantitative estimate of drug-likeness (QED) is 0.345. The van der Waals surface area contributed by atoms with Crippen LogP contribution in [-0.4, -0.2) is 37.6 Å². The summed E-state index contributed by atoms with van der Waals surface area (Å²) in [5.74, 6) is -2.07. The van der Waals surface area contributed by atoms with E-state index < -0.39 is 21.6 Å². The highest BCUT2D eigenvalue weighted by molar-refractivity contribution is 7.88. The molecule has 3 aromatic carbocycles. The van der Waals surface area contributed by atoms with Gasteiger partial charge in [-0.25, -0.2) is 17.1 Å². The van der Waals surface area contributed by atoms with E-state index in [1.54, 1.807) is 36.4 Å². The van der Waals surface area contributed by atoms with Crippen LogP contribution in [-0.2, 0) is 26.0 Å². The largest absolute Gasteiger partial charge is 0.326 e. The van der Waals surface area contributed by atoms with Crippen LogP contribution in [0, 0.1) is 11.7 Å². The first-order valence-electron chi connectivity index (χ1n) is 13.1. The van der Waals surface area contributed by atoms with Crippen molar-refractivity contribution >= 4 is 44.8 Å². The zero-order valence-electron chi connectivity index (χ0n) is 22.7. The Morgan fingerprint density at radius 3 is 2.15 bits per heavy atom. The van der Waals surface area contributed by atoms with Gasteiger partial charge in [0.25, 0.3) is 5.91 Å². The van der Waals surface area contributed by atoms with E-state index >= 15 is 0 Å². The molecule has 0 unspecified atom stereocenters. The van der Waals surface area contributed by atoms with Crippen LogP contribution in [0.1, 0.15) is 55.1 Å². The number of carbonyl (C=O) groups excluding carboxylic acids is 2. The zero-order chi connectivity index (χ0) is 29.1. The van der Waals surface area contributed by atoms with Gasteiger partial charge in [-0.1, -0.05) is 56.6 Å². The molecular formula is C30H33ClFN3O4S. The molecule has 0 spiro atoms. The Morgan fingerprint density at radius 2 is 1.55 bits per heavy atom. The normalized spacial score (nSPS) is 15.0. The van der Waals surface area contributed by atoms with Crippen LogP contribution < -0.4 is 10.6 Å². The maximum Gasteiger partial charge on any atom is 0.255 e. The molecule has 1 heterocycles. The van der Waals surface area contributed by atoms with Gasteiger partial charge in [0.15, 0.2) is 0 Å². The maximum atomic E-state index is 14.1. The number of anilines is 2. The smallest absolute Gasteiger partial charge is 0.255 e. The maximum absolute atomic E-state index is 14.1. The second-order valence-corrected chi connectivity index (χ2v) is 13.4. The van der Waals surface area contributed by atoms with Gasteiger partial charge < -0.3 is 10.6 Å². The number of amides is 2. The number of rotatable bonds is 7. The number of piperidine rings is 1. The number of hydrogen-bond donors (Lipinski definition) is 2. The first kappa shape index (κ1) is 29.7. The minimum absolute atomic E-state index is 0.0116. The standard InChI is InChI=1S/C30H33ClFN3O4S/c1-30(2,3)22-12-10-20(11-13-22)28(36)33-23-6-4-7-24(18-23)34-29(37)21-14-16-35(17-15-21)40(38,39)19-25-26(31)8-5-9-27(25)32/h4-13,18,21H,14-17,19H2,1-3H3,(H,33,36)(H,34,37). The Bertz CT molecular complexity index is 1480. The molecule has 0 bridgehead atoms. The number of halogens is 2. The minimum atomic E-state index is -3.80. The summed E-state index contributed by atoms with van der Waals surface area (Å²) in [6, 6.07) is 18.4. The summed E-state index contributed by atoms with van der Waals surface area (Å²) >= 11 is 6.01. The SMILES string of the molecule is CC(C)(C)c1ccc(C(=O)Nc2cccc(NC(=O)C3CCN(S(=O)(=O)Cc4c(F)cccc4Cl)CC3)c2)cc1. The van der Waals surface area contributed by atoms with Crippen LogP contribution in [0.25, 0.3) is 0 Å². The Labute approximate surface area is 239 Å². The van der Waals surface area contributed by atoms with E-state index in [9.17, 15) is 22.4 Å². The van der Waals surface area contributed by atoms with Gasteiger partial charge in [0.1, 0.15) is 5.82 Å². The molecular weight excluding hydrogens is 553 g/mol. The minimum Gasteiger partial charge on any atom is -0.326 e. The van der Waals surface area contributed by atoms with Crippen molar-refractivity contribution < 1.29 is 22.4 Å². The number of nitrogens with one attached hydrogen (secondary N) is 2. The van der Waals surface area contributed by atoms with E-state index in [1.165, 1.54) is 22.5 Å². The molecule has 4 rings (SSSR count). The summed E-state index contributed by atoms with van der Waals surface area (Å²) in [7, 11) is -3.80. The lowest BCUT2D eigenvalue weighted by Crippen LogP contribution is -2.42. The van der Waals surface area contributed by atoms with Crippen molar-refractivity contribution in [1.82, 2.24) is 4.31 Å². The van der Waals surface area contributed by atoms with Crippen molar-refractivity contribution in [2.75, 3.05) is 23.7 Å². The lowest BCUT2D eigenvalue weighted by atomic mass is 9.87. The van der Waals surface area contributed by atoms with Gasteiger partial charge in [-0.15, -0.1) is 0 Å². The molecule has 2 N–H and O–H groups in total. The van der Waals surface area contributed by atoms with Gasteiger partial charge in [0.05, 0.1) is 5.75 Å². The van der Waals surface area contributed by atoms with Gasteiger partial charge in [0.2, 0.25) is 15.9 Å². The Kier molecular flexibility index (Phi) is 8.97. The predicted octanol–water partition coefficient (Wildman–Crippen LogP) is 6.21. The van der Waals surface area contributed by atoms with E-state index in [1.807, 2.05) is 12.1 Å². The molecule has 212 valence electrons. The second kappa shape index (κ2) is 12.1. The number of nitrogens with zero attached hydrogens (tertiary/aromatic N) is 1. The van der Waals surface area contributed by atoms with E-state index in [2.05, 4.69) is 31.4 Å². The fourth-order valence-electron chi connectivity index (χ4n) is 4.58. The molecule has 0 atom stereocenters. The predicted molar refractivity (Wildman–Crippen MR) is 156 cm³/mol. The van der Waals surface area contributed by atoms with E-state index in [0.29, 0.717) is 29.8 Å². The molecule has 2 amide bonds. The summed E-state index contributed by atoms with van der Waals surface area (Å²) in [4.78, 5) is 25.7. The van der Waals surface area contributed by atoms with E-state index in [4.69, 9.17) is 11.6 Å². The Hall–Kier alpha value is -3.27. The van der Waals surface area contributed by atoms with Crippen molar-refractivity contribution in [3.8, 4) is 0 Å². The zero-order valence-corrected chi connectivity index (χ0v) is 24.3. The Balaban J connectivity index is 1.32. The average Bonchev–Trinajstić information content (AvgIpc) is 2.91. The lowest BCUT2D eigenvalue weighted by molar-refractivity contribution is -0.120. The topological polar surface area (TPSA) is 95.6 Å². The first-order chi connectivity index (χ1) is 18.8. The summed E-state index contributed by atoms with van der Waals surface area (Å²) in [6.45, 7) is 6.63. The fraction of sp³-hybridized carbons (Fsp3) is 0.333. The van der Waals surface area contributed by atoms with Crippen molar-refractivity contribution in [1.29, 1.82) is 0 Å². The molecule has 1 fully saturated rings. The summed E-state index contributed by atoms with van der Waals surface area (Å²) in [6.07, 6.45) is 0.661. The van der Waals surface area contributed by atoms with Crippen LogP contribution in [0.4, 0.5) is 15.8 Å². The third kappa shape index (κ3) is 7.27. The lowest BCUT2D eigenvalue weighted by Gasteiger charge is -2.30. The average molecular weight is 586 g/mol. The first-order valence-corrected chi connectivity index (χ1v) is 15.1. The van der Waals surface area contributed by atoms with Gasteiger partial charge in [-0.3, -0.25) is 9.59 Å². The molecule has 40 heavy (non-hydrogen) atoms. The molecule has 3 aromatic rings. The summed E-state index contributed by atoms with van der Waals surface area (Å²) in [5.41, 5.74) is 2.65.